The number of benzene rings is 1. The maximum atomic E-state index is 13.2. The number of piperidine rings is 2. The van der Waals surface area contributed by atoms with Crippen LogP contribution < -0.4 is 32.3 Å². The summed E-state index contributed by atoms with van der Waals surface area (Å²) in [4.78, 5) is 96.0. The molecule has 7 N–H and O–H groups in total. The van der Waals surface area contributed by atoms with Crippen LogP contribution in [0.1, 0.15) is 74.7 Å². The van der Waals surface area contributed by atoms with Crippen molar-refractivity contribution in [3.63, 3.8) is 0 Å². The molecule has 4 aliphatic rings. The molecule has 0 bridgehead atoms. The number of anilines is 3. The number of aromatic nitrogens is 3. The Balaban J connectivity index is 0.810. The van der Waals surface area contributed by atoms with Crippen LogP contribution in [0.2, 0.25) is 0 Å². The molecule has 3 aromatic rings. The highest BCUT2D eigenvalue weighted by molar-refractivity contribution is 6.25. The van der Waals surface area contributed by atoms with Crippen LogP contribution in [0.3, 0.4) is 0 Å². The number of nitrogens with zero attached hydrogens (tertiary/aromatic N) is 6. The van der Waals surface area contributed by atoms with Gasteiger partial charge in [-0.1, -0.05) is 6.07 Å². The second-order valence-electron chi connectivity index (χ2n) is 15.4. The Bertz CT molecular complexity index is 2400. The molecule has 22 nitrogen and oxygen atoms in total. The lowest BCUT2D eigenvalue weighted by molar-refractivity contribution is -0.138. The fourth-order valence-corrected chi connectivity index (χ4v) is 7.83. The molecule has 7 rings (SSSR count). The Labute approximate surface area is 373 Å². The van der Waals surface area contributed by atoms with Crippen molar-refractivity contribution in [2.45, 2.75) is 50.2 Å². The average molecular weight is 926 g/mol. The molecule has 2 saturated heterocycles. The molecule has 0 saturated carbocycles. The maximum Gasteiger partial charge on any atom is 0.405 e. The minimum atomic E-state index is -4.51. The van der Waals surface area contributed by atoms with Gasteiger partial charge in [0.05, 0.1) is 55.9 Å². The SMILES string of the molecule is NC(=O)C1=COC(c2ccnc(NCC(F)(F)F)c2)N1c1cn(C2CCN(C(=O)COCCOCCOCCNc3cccc4c3C(=O)N(C3CCC(=O)NC3=O)C4=O)CC2)nc1C(N)=O. The highest BCUT2D eigenvalue weighted by Crippen LogP contribution is 2.40. The van der Waals surface area contributed by atoms with Gasteiger partial charge in [0.25, 0.3) is 23.6 Å². The number of fused-ring (bicyclic) bond motifs is 1. The van der Waals surface area contributed by atoms with E-state index in [0.29, 0.717) is 38.2 Å². The summed E-state index contributed by atoms with van der Waals surface area (Å²) in [6.45, 7) is 0.523. The first-order valence-electron chi connectivity index (χ1n) is 20.8. The first-order chi connectivity index (χ1) is 31.6. The third-order valence-corrected chi connectivity index (χ3v) is 11.0. The van der Waals surface area contributed by atoms with Crippen LogP contribution in [0.15, 0.2) is 54.7 Å². The van der Waals surface area contributed by atoms with Crippen LogP contribution in [0.25, 0.3) is 0 Å². The summed E-state index contributed by atoms with van der Waals surface area (Å²) >= 11 is 0. The molecule has 352 valence electrons. The number of rotatable bonds is 20. The van der Waals surface area contributed by atoms with Crippen molar-refractivity contribution in [1.29, 1.82) is 0 Å². The summed E-state index contributed by atoms with van der Waals surface area (Å²) in [6, 6.07) is 6.19. The number of imide groups is 2. The zero-order chi connectivity index (χ0) is 47.1. The van der Waals surface area contributed by atoms with Gasteiger partial charge in [-0.3, -0.25) is 53.4 Å². The second-order valence-corrected chi connectivity index (χ2v) is 15.4. The van der Waals surface area contributed by atoms with E-state index < -0.39 is 60.4 Å². The van der Waals surface area contributed by atoms with Gasteiger partial charge < -0.3 is 45.9 Å². The van der Waals surface area contributed by atoms with Gasteiger partial charge in [0, 0.05) is 49.7 Å². The molecule has 4 aliphatic heterocycles. The number of pyridine rings is 1. The van der Waals surface area contributed by atoms with E-state index in [0.717, 1.165) is 11.2 Å². The zero-order valence-electron chi connectivity index (χ0n) is 35.2. The lowest BCUT2D eigenvalue weighted by Crippen LogP contribution is -2.54. The number of ether oxygens (including phenoxy) is 4. The van der Waals surface area contributed by atoms with Crippen LogP contribution in [-0.2, 0) is 38.1 Å². The molecular formula is C41H46F3N11O11. The Hall–Kier alpha value is -7.12. The molecule has 7 amide bonds. The van der Waals surface area contributed by atoms with E-state index in [1.807, 2.05) is 0 Å². The number of halogens is 3. The van der Waals surface area contributed by atoms with Gasteiger partial charge in [-0.05, 0) is 43.5 Å². The molecule has 0 radical (unpaired) electrons. The predicted molar refractivity (Wildman–Crippen MR) is 222 cm³/mol. The molecular weight excluding hydrogens is 880 g/mol. The third-order valence-electron chi connectivity index (χ3n) is 11.0. The predicted octanol–water partition coefficient (Wildman–Crippen LogP) is 0.940. The molecule has 6 heterocycles. The van der Waals surface area contributed by atoms with E-state index >= 15 is 0 Å². The monoisotopic (exact) mass is 925 g/mol. The lowest BCUT2D eigenvalue weighted by Gasteiger charge is -2.32. The number of amides is 7. The van der Waals surface area contributed by atoms with Crippen molar-refractivity contribution >= 4 is 58.5 Å². The number of likely N-dealkylation sites (tertiary alicyclic amines) is 1. The van der Waals surface area contributed by atoms with Crippen LogP contribution in [0.5, 0.6) is 0 Å². The lowest BCUT2D eigenvalue weighted by atomic mass is 10.0. The Morgan fingerprint density at radius 1 is 0.894 bits per heavy atom. The Morgan fingerprint density at radius 2 is 1.62 bits per heavy atom. The number of nitrogens with two attached hydrogens (primary N) is 2. The maximum absolute atomic E-state index is 13.2. The molecule has 2 unspecified atom stereocenters. The topological polar surface area (TPSA) is 285 Å². The number of hydrogen-bond donors (Lipinski definition) is 5. The molecule has 2 aromatic heterocycles. The van der Waals surface area contributed by atoms with Gasteiger partial charge in [0.1, 0.15) is 37.0 Å². The highest BCUT2D eigenvalue weighted by atomic mass is 19.4. The van der Waals surface area contributed by atoms with Crippen LogP contribution in [-0.4, -0.2) is 144 Å². The Kier molecular flexibility index (Phi) is 14.5. The smallest absolute Gasteiger partial charge is 0.405 e. The number of hydrogen-bond acceptors (Lipinski definition) is 16. The van der Waals surface area contributed by atoms with E-state index in [4.69, 9.17) is 30.4 Å². The minimum Gasteiger partial charge on any atom is -0.471 e. The van der Waals surface area contributed by atoms with Gasteiger partial charge in [0.15, 0.2) is 5.69 Å². The third kappa shape index (κ3) is 10.7. The van der Waals surface area contributed by atoms with Crippen molar-refractivity contribution in [3.05, 3.63) is 77.1 Å². The number of carbonyl (C=O) groups is 7. The molecule has 66 heavy (non-hydrogen) atoms. The summed E-state index contributed by atoms with van der Waals surface area (Å²) < 4.78 is 62.5. The number of primary amides is 2. The van der Waals surface area contributed by atoms with E-state index in [1.54, 1.807) is 17.0 Å². The largest absolute Gasteiger partial charge is 0.471 e. The quantitative estimate of drug-likeness (QED) is 0.0779. The zero-order valence-corrected chi connectivity index (χ0v) is 35.2. The van der Waals surface area contributed by atoms with E-state index in [2.05, 4.69) is 26.0 Å². The summed E-state index contributed by atoms with van der Waals surface area (Å²) in [7, 11) is 0. The Morgan fingerprint density at radius 3 is 2.32 bits per heavy atom. The fourth-order valence-electron chi connectivity index (χ4n) is 7.83. The normalized spacial score (nSPS) is 18.8. The molecule has 0 spiro atoms. The molecule has 2 fully saturated rings. The second kappa shape index (κ2) is 20.4. The van der Waals surface area contributed by atoms with Crippen molar-refractivity contribution in [1.82, 2.24) is 29.9 Å². The minimum absolute atomic E-state index is 0.0233. The van der Waals surface area contributed by atoms with Crippen molar-refractivity contribution in [2.24, 2.45) is 11.5 Å². The van der Waals surface area contributed by atoms with Crippen LogP contribution >= 0.6 is 0 Å². The van der Waals surface area contributed by atoms with Crippen molar-refractivity contribution in [3.8, 4) is 0 Å². The summed E-state index contributed by atoms with van der Waals surface area (Å²) in [5.41, 5.74) is 12.1. The summed E-state index contributed by atoms with van der Waals surface area (Å²) in [6.07, 6.45) is -0.869. The van der Waals surface area contributed by atoms with E-state index in [-0.39, 0.29) is 104 Å². The van der Waals surface area contributed by atoms with E-state index in [9.17, 15) is 46.7 Å². The molecule has 2 atom stereocenters. The highest BCUT2D eigenvalue weighted by Gasteiger charge is 2.46. The summed E-state index contributed by atoms with van der Waals surface area (Å²) in [5, 5.41) is 11.9. The van der Waals surface area contributed by atoms with E-state index in [1.165, 1.54) is 40.2 Å². The van der Waals surface area contributed by atoms with Gasteiger partial charge in [-0.25, -0.2) is 4.98 Å². The first kappa shape index (κ1) is 46.9. The fraction of sp³-hybridized carbons (Fsp3) is 0.439. The number of alkyl halides is 3. The van der Waals surface area contributed by atoms with Gasteiger partial charge in [-0.15, -0.1) is 0 Å². The standard InChI is InChI=1S/C41H46F3N11O11/c42-41(43,44)22-49-30-18-23(6-9-48-30)40-54(29(20-66-40)35(45)58)28-19-53(51-34(28)36(46)59)24-7-11-52(12-8-24)32(57)21-65-17-16-64-15-14-63-13-10-47-26-3-1-2-25-33(26)39(62)55(38(25)61)27-4-5-31(56)50-37(27)60/h1-3,6,9,18-20,24,27,40,47H,4-5,7-8,10-17,21-22H2,(H2,45,58)(H2,46,59)(H,48,49)(H,50,56,60). The van der Waals surface area contributed by atoms with Gasteiger partial charge in [0.2, 0.25) is 23.9 Å². The average Bonchev–Trinajstić information content (AvgIpc) is 4.00. The van der Waals surface area contributed by atoms with Crippen molar-refractivity contribution < 1.29 is 65.7 Å². The molecule has 25 heteroatoms. The van der Waals surface area contributed by atoms with Crippen LogP contribution in [0, 0.1) is 0 Å². The number of nitrogens with one attached hydrogen (secondary N) is 3. The van der Waals surface area contributed by atoms with Gasteiger partial charge in [-0.2, -0.15) is 18.3 Å². The molecule has 1 aromatic carbocycles. The number of carbonyl (C=O) groups excluding carboxylic acids is 7. The molecule has 0 aliphatic carbocycles. The van der Waals surface area contributed by atoms with Crippen molar-refractivity contribution in [2.75, 3.05) is 81.4 Å². The summed E-state index contributed by atoms with van der Waals surface area (Å²) in [5.74, 6) is -4.55. The van der Waals surface area contributed by atoms with Crippen LogP contribution in [0.4, 0.5) is 30.4 Å². The van der Waals surface area contributed by atoms with Gasteiger partial charge >= 0.3 is 6.18 Å². The first-order valence-corrected chi connectivity index (χ1v) is 20.8.